The minimum absolute atomic E-state index is 0.371. The van der Waals surface area contributed by atoms with Crippen LogP contribution >= 0.6 is 11.6 Å². The Morgan fingerprint density at radius 2 is 2.03 bits per heavy atom. The minimum Gasteiger partial charge on any atom is -0.492 e. The maximum Gasteiger partial charge on any atom is 0.337 e. The van der Waals surface area contributed by atoms with Crippen molar-refractivity contribution in [1.29, 1.82) is 0 Å². The van der Waals surface area contributed by atoms with Gasteiger partial charge in [-0.2, -0.15) is 0 Å². The molecule has 0 fully saturated rings. The fourth-order valence-corrected chi connectivity index (χ4v) is 3.52. The molecule has 3 aromatic rings. The summed E-state index contributed by atoms with van der Waals surface area (Å²) in [5.41, 5.74) is 3.24. The third-order valence-corrected chi connectivity index (χ3v) is 5.14. The fourth-order valence-electron chi connectivity index (χ4n) is 3.33. The van der Waals surface area contributed by atoms with Gasteiger partial charge >= 0.3 is 5.97 Å². The molecule has 150 valence electrons. The van der Waals surface area contributed by atoms with Crippen molar-refractivity contribution in [2.24, 2.45) is 0 Å². The molecule has 0 N–H and O–H groups in total. The molecule has 0 spiro atoms. The van der Waals surface area contributed by atoms with Gasteiger partial charge in [-0.25, -0.2) is 9.78 Å². The molecule has 0 saturated carbocycles. The van der Waals surface area contributed by atoms with Gasteiger partial charge in [0.05, 0.1) is 18.4 Å². The van der Waals surface area contributed by atoms with E-state index in [-0.39, 0.29) is 5.97 Å². The largest absolute Gasteiger partial charge is 0.492 e. The van der Waals surface area contributed by atoms with Gasteiger partial charge in [-0.15, -0.1) is 0 Å². The summed E-state index contributed by atoms with van der Waals surface area (Å²) in [6.45, 7) is 4.67. The standard InChI is InChI=1S/C22H21ClN2O4/c1-14-19(13-25-9-10-28-20-8-7-18(23)11-17(20)12-25)24-21(29-14)15-3-5-16(6-4-15)22(26)27-2/h3-8,11H,9-10,12-13H2,1-2H3. The van der Waals surface area contributed by atoms with Gasteiger partial charge in [-0.1, -0.05) is 11.6 Å². The highest BCUT2D eigenvalue weighted by Crippen LogP contribution is 2.28. The first-order chi connectivity index (χ1) is 14.0. The smallest absolute Gasteiger partial charge is 0.337 e. The molecule has 1 aliphatic rings. The second kappa shape index (κ2) is 8.27. The molecule has 2 heterocycles. The topological polar surface area (TPSA) is 64.8 Å². The maximum absolute atomic E-state index is 11.6. The number of carbonyl (C=O) groups excluding carboxylic acids is 1. The lowest BCUT2D eigenvalue weighted by Crippen LogP contribution is -2.25. The Balaban J connectivity index is 1.52. The molecule has 7 heteroatoms. The van der Waals surface area contributed by atoms with E-state index in [2.05, 4.69) is 9.88 Å². The van der Waals surface area contributed by atoms with Gasteiger partial charge in [0.25, 0.3) is 0 Å². The van der Waals surface area contributed by atoms with E-state index in [1.54, 1.807) is 24.3 Å². The van der Waals surface area contributed by atoms with Crippen molar-refractivity contribution in [2.75, 3.05) is 20.3 Å². The number of carbonyl (C=O) groups is 1. The average Bonchev–Trinajstić information content (AvgIpc) is 2.96. The first-order valence-corrected chi connectivity index (χ1v) is 9.70. The zero-order valence-corrected chi connectivity index (χ0v) is 17.0. The van der Waals surface area contributed by atoms with Crippen LogP contribution in [0.2, 0.25) is 5.02 Å². The summed E-state index contributed by atoms with van der Waals surface area (Å²) in [6.07, 6.45) is 0. The minimum atomic E-state index is -0.371. The number of hydrogen-bond acceptors (Lipinski definition) is 6. The second-order valence-corrected chi connectivity index (χ2v) is 7.34. The molecule has 0 atom stereocenters. The SMILES string of the molecule is COC(=O)c1ccc(-c2nc(CN3CCOc4ccc(Cl)cc4C3)c(C)o2)cc1. The molecule has 2 aromatic carbocycles. The monoisotopic (exact) mass is 412 g/mol. The molecule has 4 rings (SSSR count). The van der Waals surface area contributed by atoms with Crippen LogP contribution < -0.4 is 4.74 Å². The third-order valence-electron chi connectivity index (χ3n) is 4.90. The summed E-state index contributed by atoms with van der Waals surface area (Å²) in [7, 11) is 1.36. The van der Waals surface area contributed by atoms with Crippen LogP contribution in [-0.4, -0.2) is 36.1 Å². The highest BCUT2D eigenvalue weighted by atomic mass is 35.5. The molecule has 29 heavy (non-hydrogen) atoms. The second-order valence-electron chi connectivity index (χ2n) is 6.90. The Kier molecular flexibility index (Phi) is 5.56. The number of oxazole rings is 1. The van der Waals surface area contributed by atoms with Crippen LogP contribution in [0.15, 0.2) is 46.9 Å². The van der Waals surface area contributed by atoms with Crippen molar-refractivity contribution < 1.29 is 18.7 Å². The van der Waals surface area contributed by atoms with Crippen LogP contribution in [0.3, 0.4) is 0 Å². The van der Waals surface area contributed by atoms with Crippen molar-refractivity contribution in [2.45, 2.75) is 20.0 Å². The lowest BCUT2D eigenvalue weighted by molar-refractivity contribution is 0.0600. The number of ether oxygens (including phenoxy) is 2. The first kappa shape index (κ1) is 19.5. The predicted octanol–water partition coefficient (Wildman–Crippen LogP) is 4.48. The van der Waals surface area contributed by atoms with Crippen LogP contribution in [0.1, 0.15) is 27.4 Å². The number of nitrogens with zero attached hydrogens (tertiary/aromatic N) is 2. The lowest BCUT2D eigenvalue weighted by atomic mass is 10.1. The summed E-state index contributed by atoms with van der Waals surface area (Å²) >= 11 is 6.14. The lowest BCUT2D eigenvalue weighted by Gasteiger charge is -2.18. The summed E-state index contributed by atoms with van der Waals surface area (Å²) in [5, 5.41) is 0.699. The van der Waals surface area contributed by atoms with Crippen LogP contribution in [-0.2, 0) is 17.8 Å². The van der Waals surface area contributed by atoms with E-state index in [0.717, 1.165) is 41.4 Å². The zero-order valence-electron chi connectivity index (χ0n) is 16.3. The first-order valence-electron chi connectivity index (χ1n) is 9.32. The molecule has 0 amide bonds. The van der Waals surface area contributed by atoms with Crippen molar-refractivity contribution in [3.05, 3.63) is 70.1 Å². The fraction of sp³-hybridized carbons (Fsp3) is 0.273. The Morgan fingerprint density at radius 3 is 2.79 bits per heavy atom. The number of methoxy groups -OCH3 is 1. The summed E-state index contributed by atoms with van der Waals surface area (Å²) in [5.74, 6) is 1.81. The molecule has 1 aliphatic heterocycles. The number of rotatable bonds is 4. The van der Waals surface area contributed by atoms with Crippen LogP contribution in [0, 0.1) is 6.92 Å². The predicted molar refractivity (Wildman–Crippen MR) is 109 cm³/mol. The number of hydrogen-bond donors (Lipinski definition) is 0. The van der Waals surface area contributed by atoms with Gasteiger partial charge in [0, 0.05) is 35.8 Å². The van der Waals surface area contributed by atoms with Gasteiger partial charge in [-0.05, 0) is 49.4 Å². The van der Waals surface area contributed by atoms with E-state index < -0.39 is 0 Å². The average molecular weight is 413 g/mol. The molecule has 0 radical (unpaired) electrons. The Labute approximate surface area is 174 Å². The van der Waals surface area contributed by atoms with Crippen LogP contribution in [0.5, 0.6) is 5.75 Å². The quantitative estimate of drug-likeness (QED) is 0.588. The van der Waals surface area contributed by atoms with E-state index in [9.17, 15) is 4.79 Å². The van der Waals surface area contributed by atoms with E-state index in [0.29, 0.717) is 29.6 Å². The molecule has 0 saturated heterocycles. The van der Waals surface area contributed by atoms with Crippen LogP contribution in [0.4, 0.5) is 0 Å². The number of esters is 1. The van der Waals surface area contributed by atoms with Gasteiger partial charge < -0.3 is 13.9 Å². The number of aromatic nitrogens is 1. The van der Waals surface area contributed by atoms with Gasteiger partial charge in [-0.3, -0.25) is 4.90 Å². The van der Waals surface area contributed by atoms with Crippen molar-refractivity contribution in [3.8, 4) is 17.2 Å². The molecular weight excluding hydrogens is 392 g/mol. The van der Waals surface area contributed by atoms with E-state index in [4.69, 9.17) is 25.5 Å². The zero-order chi connectivity index (χ0) is 20.4. The van der Waals surface area contributed by atoms with Gasteiger partial charge in [0.2, 0.25) is 5.89 Å². The maximum atomic E-state index is 11.6. The highest BCUT2D eigenvalue weighted by molar-refractivity contribution is 6.30. The third kappa shape index (κ3) is 4.28. The molecule has 1 aromatic heterocycles. The van der Waals surface area contributed by atoms with Gasteiger partial charge in [0.15, 0.2) is 0 Å². The normalized spacial score (nSPS) is 14.0. The number of benzene rings is 2. The van der Waals surface area contributed by atoms with Gasteiger partial charge in [0.1, 0.15) is 18.1 Å². The summed E-state index contributed by atoms with van der Waals surface area (Å²) in [4.78, 5) is 18.5. The van der Waals surface area contributed by atoms with E-state index >= 15 is 0 Å². The Bertz CT molecular complexity index is 1030. The number of aryl methyl sites for hydroxylation is 1. The molecular formula is C22H21ClN2O4. The highest BCUT2D eigenvalue weighted by Gasteiger charge is 2.19. The Hall–Kier alpha value is -2.83. The van der Waals surface area contributed by atoms with Crippen molar-refractivity contribution in [1.82, 2.24) is 9.88 Å². The summed E-state index contributed by atoms with van der Waals surface area (Å²) in [6, 6.07) is 12.7. The van der Waals surface area contributed by atoms with E-state index in [1.807, 2.05) is 25.1 Å². The van der Waals surface area contributed by atoms with E-state index in [1.165, 1.54) is 7.11 Å². The molecule has 0 bridgehead atoms. The number of fused-ring (bicyclic) bond motifs is 1. The van der Waals surface area contributed by atoms with Crippen LogP contribution in [0.25, 0.3) is 11.5 Å². The van der Waals surface area contributed by atoms with Crippen molar-refractivity contribution >= 4 is 17.6 Å². The molecule has 0 unspecified atom stereocenters. The Morgan fingerprint density at radius 1 is 1.24 bits per heavy atom. The summed E-state index contributed by atoms with van der Waals surface area (Å²) < 4.78 is 16.4. The number of halogens is 1. The van der Waals surface area contributed by atoms with Crippen molar-refractivity contribution in [3.63, 3.8) is 0 Å². The molecule has 0 aliphatic carbocycles. The molecule has 6 nitrogen and oxygen atoms in total.